The van der Waals surface area contributed by atoms with Gasteiger partial charge in [0, 0.05) is 12.1 Å². The number of carboxylic acid groups (broad SMARTS) is 1. The second-order valence-corrected chi connectivity index (χ2v) is 1.56. The van der Waals surface area contributed by atoms with Gasteiger partial charge in [-0.15, -0.1) is 12.4 Å². The summed E-state index contributed by atoms with van der Waals surface area (Å²) >= 11 is 0. The maximum absolute atomic E-state index is 9.76. The molecule has 3 N–H and O–H groups in total. The lowest BCUT2D eigenvalue weighted by molar-refractivity contribution is -0.131. The monoisotopic (exact) mass is 151 g/mol. The standard InChI is InChI=1S/C5H9NO2.ClH/c1-4(6)2-3-5(7)8;/h2-4H,6H2,1H3,(H,7,8);1H/b3-2+;/t4-;/m0./s1. The molecule has 0 aliphatic heterocycles. The molecule has 0 rings (SSSR count). The number of carbonyl (C=O) groups is 1. The van der Waals surface area contributed by atoms with Gasteiger partial charge >= 0.3 is 5.97 Å². The molecule has 0 saturated heterocycles. The summed E-state index contributed by atoms with van der Waals surface area (Å²) in [5, 5.41) is 8.02. The van der Waals surface area contributed by atoms with Crippen molar-refractivity contribution in [3.8, 4) is 0 Å². The van der Waals surface area contributed by atoms with Crippen molar-refractivity contribution in [1.82, 2.24) is 0 Å². The summed E-state index contributed by atoms with van der Waals surface area (Å²) in [5.74, 6) is -0.956. The van der Waals surface area contributed by atoms with Crippen LogP contribution in [-0.4, -0.2) is 17.1 Å². The highest BCUT2D eigenvalue weighted by Crippen LogP contribution is 1.77. The fourth-order valence-electron chi connectivity index (χ4n) is 0.234. The van der Waals surface area contributed by atoms with Crippen LogP contribution >= 0.6 is 12.4 Å². The average Bonchev–Trinajstić information content (AvgIpc) is 1.61. The van der Waals surface area contributed by atoms with E-state index >= 15 is 0 Å². The summed E-state index contributed by atoms with van der Waals surface area (Å²) in [6.07, 6.45) is 2.45. The van der Waals surface area contributed by atoms with E-state index < -0.39 is 5.97 Å². The van der Waals surface area contributed by atoms with Crippen LogP contribution in [0.25, 0.3) is 0 Å². The van der Waals surface area contributed by atoms with Gasteiger partial charge in [-0.25, -0.2) is 4.79 Å². The van der Waals surface area contributed by atoms with E-state index in [2.05, 4.69) is 0 Å². The maximum atomic E-state index is 9.76. The Hall–Kier alpha value is -0.540. The lowest BCUT2D eigenvalue weighted by Crippen LogP contribution is -2.10. The Bertz CT molecular complexity index is 112. The summed E-state index contributed by atoms with van der Waals surface area (Å²) in [6.45, 7) is 1.71. The first kappa shape index (κ1) is 11.3. The molecule has 0 spiro atoms. The van der Waals surface area contributed by atoms with Crippen LogP contribution in [0.1, 0.15) is 6.92 Å². The molecule has 3 nitrogen and oxygen atoms in total. The molecule has 0 aromatic heterocycles. The predicted molar refractivity (Wildman–Crippen MR) is 37.7 cm³/mol. The Morgan fingerprint density at radius 1 is 1.78 bits per heavy atom. The molecule has 0 amide bonds. The molecular weight excluding hydrogens is 142 g/mol. The van der Waals surface area contributed by atoms with Crippen molar-refractivity contribution in [2.75, 3.05) is 0 Å². The van der Waals surface area contributed by atoms with Gasteiger partial charge in [-0.05, 0) is 6.92 Å². The van der Waals surface area contributed by atoms with Crippen LogP contribution in [0.5, 0.6) is 0 Å². The van der Waals surface area contributed by atoms with Gasteiger partial charge in [-0.2, -0.15) is 0 Å². The number of hydrogen-bond acceptors (Lipinski definition) is 2. The Morgan fingerprint density at radius 2 is 2.22 bits per heavy atom. The zero-order valence-corrected chi connectivity index (χ0v) is 5.89. The lowest BCUT2D eigenvalue weighted by Gasteiger charge is -1.89. The Kier molecular flexibility index (Phi) is 7.01. The lowest BCUT2D eigenvalue weighted by atomic mass is 10.3. The molecule has 54 valence electrons. The molecule has 4 heteroatoms. The summed E-state index contributed by atoms with van der Waals surface area (Å²) in [6, 6.07) is -0.175. The van der Waals surface area contributed by atoms with E-state index in [0.29, 0.717) is 0 Å². The molecule has 9 heavy (non-hydrogen) atoms. The first-order valence-electron chi connectivity index (χ1n) is 2.29. The molecule has 0 heterocycles. The van der Waals surface area contributed by atoms with Gasteiger partial charge < -0.3 is 10.8 Å². The molecule has 0 aliphatic carbocycles. The van der Waals surface area contributed by atoms with Crippen molar-refractivity contribution in [1.29, 1.82) is 0 Å². The number of hydrogen-bond donors (Lipinski definition) is 2. The van der Waals surface area contributed by atoms with E-state index in [1.807, 2.05) is 0 Å². The third kappa shape index (κ3) is 11.2. The third-order valence-electron chi connectivity index (χ3n) is 0.542. The fourth-order valence-corrected chi connectivity index (χ4v) is 0.234. The van der Waals surface area contributed by atoms with Gasteiger partial charge in [0.1, 0.15) is 0 Å². The second-order valence-electron chi connectivity index (χ2n) is 1.56. The SMILES string of the molecule is C[C@H](N)/C=C/C(=O)O.Cl. The van der Waals surface area contributed by atoms with Gasteiger partial charge in [-0.1, -0.05) is 6.08 Å². The van der Waals surface area contributed by atoms with Crippen molar-refractivity contribution in [3.05, 3.63) is 12.2 Å². The average molecular weight is 152 g/mol. The Morgan fingerprint density at radius 3 is 2.33 bits per heavy atom. The number of carboxylic acids is 1. The van der Waals surface area contributed by atoms with Crippen molar-refractivity contribution in [2.24, 2.45) is 5.73 Å². The second kappa shape index (κ2) is 5.59. The number of nitrogens with two attached hydrogens (primary N) is 1. The maximum Gasteiger partial charge on any atom is 0.328 e. The van der Waals surface area contributed by atoms with Crippen LogP contribution in [0.4, 0.5) is 0 Å². The highest BCUT2D eigenvalue weighted by Gasteiger charge is 1.86. The molecule has 0 saturated carbocycles. The summed E-state index contributed by atoms with van der Waals surface area (Å²) < 4.78 is 0. The third-order valence-corrected chi connectivity index (χ3v) is 0.542. The van der Waals surface area contributed by atoms with Crippen LogP contribution in [0.15, 0.2) is 12.2 Å². The van der Waals surface area contributed by atoms with Gasteiger partial charge in [0.25, 0.3) is 0 Å². The minimum atomic E-state index is -0.956. The first-order chi connectivity index (χ1) is 3.63. The predicted octanol–water partition coefficient (Wildman–Crippen LogP) is 0.396. The van der Waals surface area contributed by atoms with Crippen LogP contribution < -0.4 is 5.73 Å². The van der Waals surface area contributed by atoms with E-state index in [9.17, 15) is 4.79 Å². The van der Waals surface area contributed by atoms with E-state index in [4.69, 9.17) is 10.8 Å². The molecular formula is C5H10ClNO2. The Balaban J connectivity index is 0. The summed E-state index contributed by atoms with van der Waals surface area (Å²) in [7, 11) is 0. The molecule has 1 atom stereocenters. The molecule has 0 fully saturated rings. The minimum Gasteiger partial charge on any atom is -0.478 e. The van der Waals surface area contributed by atoms with Gasteiger partial charge in [-0.3, -0.25) is 0 Å². The molecule has 0 radical (unpaired) electrons. The zero-order valence-electron chi connectivity index (χ0n) is 5.07. The van der Waals surface area contributed by atoms with Gasteiger partial charge in [0.15, 0.2) is 0 Å². The highest BCUT2D eigenvalue weighted by atomic mass is 35.5. The molecule has 0 bridgehead atoms. The van der Waals surface area contributed by atoms with E-state index in [0.717, 1.165) is 6.08 Å². The van der Waals surface area contributed by atoms with Crippen molar-refractivity contribution < 1.29 is 9.90 Å². The van der Waals surface area contributed by atoms with Crippen molar-refractivity contribution in [3.63, 3.8) is 0 Å². The van der Waals surface area contributed by atoms with Crippen LogP contribution in [0, 0.1) is 0 Å². The van der Waals surface area contributed by atoms with Crippen molar-refractivity contribution in [2.45, 2.75) is 13.0 Å². The van der Waals surface area contributed by atoms with Crippen molar-refractivity contribution >= 4 is 18.4 Å². The minimum absolute atomic E-state index is 0. The fraction of sp³-hybridized carbons (Fsp3) is 0.400. The first-order valence-corrected chi connectivity index (χ1v) is 2.29. The van der Waals surface area contributed by atoms with Gasteiger partial charge in [0.2, 0.25) is 0 Å². The molecule has 0 aliphatic rings. The largest absolute Gasteiger partial charge is 0.478 e. The van der Waals surface area contributed by atoms with Crippen LogP contribution in [0.2, 0.25) is 0 Å². The van der Waals surface area contributed by atoms with Crippen LogP contribution in [0.3, 0.4) is 0 Å². The normalized spacial score (nSPS) is 12.7. The van der Waals surface area contributed by atoms with E-state index in [1.54, 1.807) is 6.92 Å². The molecule has 0 aromatic rings. The van der Waals surface area contributed by atoms with E-state index in [-0.39, 0.29) is 18.4 Å². The van der Waals surface area contributed by atoms with Crippen LogP contribution in [-0.2, 0) is 4.79 Å². The highest BCUT2D eigenvalue weighted by molar-refractivity contribution is 5.85. The van der Waals surface area contributed by atoms with Gasteiger partial charge in [0.05, 0.1) is 0 Å². The number of aliphatic carboxylic acids is 1. The smallest absolute Gasteiger partial charge is 0.328 e. The summed E-state index contributed by atoms with van der Waals surface area (Å²) in [4.78, 5) is 9.76. The molecule has 0 aromatic carbocycles. The quantitative estimate of drug-likeness (QED) is 0.562. The number of halogens is 1. The topological polar surface area (TPSA) is 63.3 Å². The molecule has 0 unspecified atom stereocenters. The van der Waals surface area contributed by atoms with E-state index in [1.165, 1.54) is 6.08 Å². The zero-order chi connectivity index (χ0) is 6.57. The summed E-state index contributed by atoms with van der Waals surface area (Å²) in [5.41, 5.74) is 5.19. The number of rotatable bonds is 2. The Labute approximate surface area is 60.0 Å².